The van der Waals surface area contributed by atoms with Gasteiger partial charge in [0.1, 0.15) is 11.5 Å². The van der Waals surface area contributed by atoms with E-state index in [0.29, 0.717) is 26.2 Å². The van der Waals surface area contributed by atoms with Crippen LogP contribution in [0.15, 0.2) is 22.1 Å². The summed E-state index contributed by atoms with van der Waals surface area (Å²) in [7, 11) is 0. The van der Waals surface area contributed by atoms with Gasteiger partial charge in [-0.1, -0.05) is 6.08 Å². The lowest BCUT2D eigenvalue weighted by atomic mass is 10.1. The molecule has 0 aromatic carbocycles. The second-order valence-electron chi connectivity index (χ2n) is 4.74. The van der Waals surface area contributed by atoms with Crippen molar-refractivity contribution in [1.82, 2.24) is 4.90 Å². The van der Waals surface area contributed by atoms with E-state index in [1.807, 2.05) is 17.9 Å². The Hall–Kier alpha value is -1.27. The van der Waals surface area contributed by atoms with Gasteiger partial charge in [-0.05, 0) is 25.0 Å². The van der Waals surface area contributed by atoms with Crippen LogP contribution in [0.1, 0.15) is 23.5 Å². The Labute approximate surface area is 109 Å². The van der Waals surface area contributed by atoms with E-state index in [1.54, 1.807) is 0 Å². The summed E-state index contributed by atoms with van der Waals surface area (Å²) in [5.41, 5.74) is 6.08. The van der Waals surface area contributed by atoms with Crippen LogP contribution in [-0.2, 0) is 13.1 Å². The first kappa shape index (κ1) is 14.1. The van der Waals surface area contributed by atoms with E-state index in [4.69, 9.17) is 10.2 Å². The Kier molecular flexibility index (Phi) is 4.01. The maximum Gasteiger partial charge on any atom is 0.412 e. The summed E-state index contributed by atoms with van der Waals surface area (Å²) in [6, 6.07) is 1.89. The van der Waals surface area contributed by atoms with Crippen LogP contribution in [0.3, 0.4) is 0 Å². The van der Waals surface area contributed by atoms with Crippen molar-refractivity contribution in [3.63, 3.8) is 0 Å². The zero-order valence-corrected chi connectivity index (χ0v) is 10.8. The highest BCUT2D eigenvalue weighted by Crippen LogP contribution is 2.30. The fraction of sp³-hybridized carbons (Fsp3) is 0.538. The van der Waals surface area contributed by atoms with Gasteiger partial charge in [0.15, 0.2) is 0 Å². The lowest BCUT2D eigenvalue weighted by molar-refractivity contribution is -0.0961. The third-order valence-electron chi connectivity index (χ3n) is 3.29. The van der Waals surface area contributed by atoms with Crippen molar-refractivity contribution in [2.24, 2.45) is 5.73 Å². The monoisotopic (exact) mass is 274 g/mol. The van der Waals surface area contributed by atoms with Crippen LogP contribution in [0.5, 0.6) is 0 Å². The van der Waals surface area contributed by atoms with E-state index in [0.717, 1.165) is 17.1 Å². The number of halogens is 3. The van der Waals surface area contributed by atoms with Gasteiger partial charge >= 0.3 is 6.18 Å². The standard InChI is InChI=1S/C13H17F3N2O/c1-9-6-11(19-12(9)7-17)8-18-4-2-10(3-5-18)13(14,15)16/h2,6H,3-5,7-8,17H2,1H3. The molecule has 0 aliphatic carbocycles. The van der Waals surface area contributed by atoms with E-state index in [1.165, 1.54) is 6.08 Å². The number of hydrogen-bond donors (Lipinski definition) is 1. The zero-order chi connectivity index (χ0) is 14.0. The lowest BCUT2D eigenvalue weighted by Gasteiger charge is -2.26. The number of aryl methyl sites for hydroxylation is 1. The third kappa shape index (κ3) is 3.39. The fourth-order valence-electron chi connectivity index (χ4n) is 2.20. The van der Waals surface area contributed by atoms with E-state index in [-0.39, 0.29) is 6.42 Å². The van der Waals surface area contributed by atoms with Gasteiger partial charge in [-0.3, -0.25) is 4.90 Å². The van der Waals surface area contributed by atoms with Gasteiger partial charge in [0.05, 0.1) is 13.1 Å². The molecule has 0 radical (unpaired) electrons. The molecule has 3 nitrogen and oxygen atoms in total. The molecule has 0 fully saturated rings. The summed E-state index contributed by atoms with van der Waals surface area (Å²) in [5, 5.41) is 0. The van der Waals surface area contributed by atoms with Gasteiger partial charge in [-0.15, -0.1) is 0 Å². The maximum absolute atomic E-state index is 12.5. The van der Waals surface area contributed by atoms with E-state index in [2.05, 4.69) is 0 Å². The molecule has 0 unspecified atom stereocenters. The molecule has 2 heterocycles. The summed E-state index contributed by atoms with van der Waals surface area (Å²) in [4.78, 5) is 1.92. The molecule has 1 aromatic rings. The number of alkyl halides is 3. The zero-order valence-electron chi connectivity index (χ0n) is 10.8. The first-order valence-electron chi connectivity index (χ1n) is 6.17. The largest absolute Gasteiger partial charge is 0.463 e. The molecule has 106 valence electrons. The Morgan fingerprint density at radius 2 is 2.16 bits per heavy atom. The summed E-state index contributed by atoms with van der Waals surface area (Å²) in [6.45, 7) is 3.45. The molecule has 0 spiro atoms. The molecule has 2 rings (SSSR count). The molecular weight excluding hydrogens is 257 g/mol. The van der Waals surface area contributed by atoms with Crippen LogP contribution in [0.4, 0.5) is 13.2 Å². The summed E-state index contributed by atoms with van der Waals surface area (Å²) in [6.07, 6.45) is -2.91. The molecular formula is C13H17F3N2O. The van der Waals surface area contributed by atoms with E-state index in [9.17, 15) is 13.2 Å². The molecule has 1 aliphatic rings. The molecule has 0 saturated carbocycles. The molecule has 2 N–H and O–H groups in total. The molecule has 1 aliphatic heterocycles. The Morgan fingerprint density at radius 3 is 2.63 bits per heavy atom. The Morgan fingerprint density at radius 1 is 1.42 bits per heavy atom. The topological polar surface area (TPSA) is 42.4 Å². The molecule has 1 aromatic heterocycles. The molecule has 19 heavy (non-hydrogen) atoms. The minimum Gasteiger partial charge on any atom is -0.463 e. The van der Waals surface area contributed by atoms with Gasteiger partial charge in [0.2, 0.25) is 0 Å². The number of hydrogen-bond acceptors (Lipinski definition) is 3. The van der Waals surface area contributed by atoms with E-state index < -0.39 is 11.7 Å². The highest BCUT2D eigenvalue weighted by atomic mass is 19.4. The first-order chi connectivity index (χ1) is 8.90. The molecule has 0 bridgehead atoms. The minimum absolute atomic E-state index is 0.0347. The number of furan rings is 1. The quantitative estimate of drug-likeness (QED) is 0.862. The molecule has 0 atom stereocenters. The third-order valence-corrected chi connectivity index (χ3v) is 3.29. The highest BCUT2D eigenvalue weighted by Gasteiger charge is 2.34. The molecule has 0 saturated heterocycles. The first-order valence-corrected chi connectivity index (χ1v) is 6.17. The van der Waals surface area contributed by atoms with Crippen LogP contribution in [0, 0.1) is 6.92 Å². The molecule has 6 heteroatoms. The van der Waals surface area contributed by atoms with Gasteiger partial charge in [-0.2, -0.15) is 13.2 Å². The Balaban J connectivity index is 1.97. The van der Waals surface area contributed by atoms with Crippen molar-refractivity contribution in [2.45, 2.75) is 32.6 Å². The van der Waals surface area contributed by atoms with Crippen LogP contribution < -0.4 is 5.73 Å². The second-order valence-corrected chi connectivity index (χ2v) is 4.74. The van der Waals surface area contributed by atoms with Gasteiger partial charge < -0.3 is 10.2 Å². The van der Waals surface area contributed by atoms with Crippen LogP contribution >= 0.6 is 0 Å². The second kappa shape index (κ2) is 5.38. The number of nitrogens with zero attached hydrogens (tertiary/aromatic N) is 1. The van der Waals surface area contributed by atoms with Crippen molar-refractivity contribution < 1.29 is 17.6 Å². The predicted molar refractivity (Wildman–Crippen MR) is 65.4 cm³/mol. The number of rotatable bonds is 3. The van der Waals surface area contributed by atoms with Crippen LogP contribution in [0.25, 0.3) is 0 Å². The SMILES string of the molecule is Cc1cc(CN2CC=C(C(F)(F)F)CC2)oc1CN. The molecule has 0 amide bonds. The smallest absolute Gasteiger partial charge is 0.412 e. The summed E-state index contributed by atoms with van der Waals surface area (Å²) in [5.74, 6) is 1.49. The normalized spacial score (nSPS) is 17.6. The van der Waals surface area contributed by atoms with Gasteiger partial charge in [0, 0.05) is 18.7 Å². The van der Waals surface area contributed by atoms with Crippen molar-refractivity contribution in [3.05, 3.63) is 34.8 Å². The van der Waals surface area contributed by atoms with Crippen molar-refractivity contribution >= 4 is 0 Å². The maximum atomic E-state index is 12.5. The predicted octanol–water partition coefficient (Wildman–Crippen LogP) is 2.74. The van der Waals surface area contributed by atoms with Crippen LogP contribution in [0.2, 0.25) is 0 Å². The number of nitrogens with two attached hydrogens (primary N) is 1. The fourth-order valence-corrected chi connectivity index (χ4v) is 2.20. The van der Waals surface area contributed by atoms with Crippen molar-refractivity contribution in [2.75, 3.05) is 13.1 Å². The van der Waals surface area contributed by atoms with Crippen LogP contribution in [-0.4, -0.2) is 24.2 Å². The highest BCUT2D eigenvalue weighted by molar-refractivity contribution is 5.20. The average molecular weight is 274 g/mol. The minimum atomic E-state index is -4.19. The lowest BCUT2D eigenvalue weighted by Crippen LogP contribution is -2.31. The average Bonchev–Trinajstić information content (AvgIpc) is 2.69. The summed E-state index contributed by atoms with van der Waals surface area (Å²) >= 11 is 0. The van der Waals surface area contributed by atoms with Gasteiger partial charge in [0.25, 0.3) is 0 Å². The summed E-state index contributed by atoms with van der Waals surface area (Å²) < 4.78 is 43.0. The van der Waals surface area contributed by atoms with Crippen molar-refractivity contribution in [1.29, 1.82) is 0 Å². The Bertz CT molecular complexity index is 477. The van der Waals surface area contributed by atoms with E-state index >= 15 is 0 Å². The van der Waals surface area contributed by atoms with Gasteiger partial charge in [-0.25, -0.2) is 0 Å². The van der Waals surface area contributed by atoms with Crippen molar-refractivity contribution in [3.8, 4) is 0 Å².